The van der Waals surface area contributed by atoms with Crippen LogP contribution in [0.5, 0.6) is 0 Å². The van der Waals surface area contributed by atoms with Gasteiger partial charge in [0.05, 0.1) is 33.8 Å². The van der Waals surface area contributed by atoms with E-state index in [4.69, 9.17) is 32.5 Å². The van der Waals surface area contributed by atoms with Gasteiger partial charge in [-0.3, -0.25) is 4.98 Å². The van der Waals surface area contributed by atoms with E-state index in [0.29, 0.717) is 50.4 Å². The minimum absolute atomic E-state index is 0.00336. The lowest BCUT2D eigenvalue weighted by Gasteiger charge is -2.38. The molecule has 9 nitrogen and oxygen atoms in total. The Morgan fingerprint density at radius 3 is 2.48 bits per heavy atom. The number of piperidine rings is 1. The summed E-state index contributed by atoms with van der Waals surface area (Å²) in [4.78, 5) is 30.8. The molecule has 42 heavy (non-hydrogen) atoms. The van der Waals surface area contributed by atoms with Crippen LogP contribution in [0, 0.1) is 0 Å². The fourth-order valence-corrected chi connectivity index (χ4v) is 6.92. The third kappa shape index (κ3) is 5.10. The number of amides is 2. The van der Waals surface area contributed by atoms with Crippen molar-refractivity contribution in [3.63, 3.8) is 0 Å². The van der Waals surface area contributed by atoms with Crippen LogP contribution in [-0.4, -0.2) is 50.3 Å². The van der Waals surface area contributed by atoms with E-state index in [-0.39, 0.29) is 29.8 Å². The van der Waals surface area contributed by atoms with Crippen molar-refractivity contribution >= 4 is 51.8 Å². The summed E-state index contributed by atoms with van der Waals surface area (Å²) in [6.45, 7) is 0.343. The van der Waals surface area contributed by atoms with Crippen LogP contribution in [-0.2, 0) is 11.3 Å². The second kappa shape index (κ2) is 10.9. The first kappa shape index (κ1) is 27.2. The number of rotatable bonds is 7. The van der Waals surface area contributed by atoms with Crippen molar-refractivity contribution in [3.05, 3.63) is 75.6 Å². The number of nitrogens with one attached hydrogen (secondary N) is 1. The number of aromatic nitrogens is 2. The molecule has 4 aromatic rings. The molecule has 0 spiro atoms. The van der Waals surface area contributed by atoms with Gasteiger partial charge >= 0.3 is 12.0 Å². The fraction of sp³-hybridized carbons (Fsp3) is 0.355. The van der Waals surface area contributed by atoms with Crippen LogP contribution in [0.3, 0.4) is 0 Å². The van der Waals surface area contributed by atoms with E-state index in [9.17, 15) is 14.7 Å². The van der Waals surface area contributed by atoms with Crippen molar-refractivity contribution in [2.75, 3.05) is 5.32 Å². The van der Waals surface area contributed by atoms with Gasteiger partial charge in [-0.05, 0) is 68.9 Å². The molecule has 0 radical (unpaired) electrons. The molecule has 2 aliphatic heterocycles. The molecule has 2 N–H and O–H groups in total. The molecule has 2 atom stereocenters. The summed E-state index contributed by atoms with van der Waals surface area (Å²) < 4.78 is 12.3. The molecule has 2 saturated heterocycles. The van der Waals surface area contributed by atoms with Crippen LogP contribution in [0.2, 0.25) is 10.0 Å². The van der Waals surface area contributed by atoms with Crippen LogP contribution in [0.1, 0.15) is 66.1 Å². The van der Waals surface area contributed by atoms with E-state index in [1.165, 1.54) is 6.20 Å². The van der Waals surface area contributed by atoms with Gasteiger partial charge in [-0.2, -0.15) is 0 Å². The smallest absolute Gasteiger partial charge is 0.337 e. The highest BCUT2D eigenvalue weighted by Crippen LogP contribution is 2.46. The molecule has 1 aliphatic carbocycles. The lowest BCUT2D eigenvalue weighted by atomic mass is 9.99. The van der Waals surface area contributed by atoms with E-state index in [2.05, 4.69) is 15.5 Å². The molecule has 3 fully saturated rings. The zero-order valence-corrected chi connectivity index (χ0v) is 24.1. The maximum Gasteiger partial charge on any atom is 0.337 e. The Balaban J connectivity index is 1.03. The van der Waals surface area contributed by atoms with E-state index in [1.807, 2.05) is 4.90 Å². The second-order valence-electron chi connectivity index (χ2n) is 11.3. The van der Waals surface area contributed by atoms with Crippen molar-refractivity contribution in [2.45, 2.75) is 69.2 Å². The summed E-state index contributed by atoms with van der Waals surface area (Å²) >= 11 is 13.0. The number of carbonyl (C=O) groups is 2. The lowest BCUT2D eigenvalue weighted by molar-refractivity contribution is -0.0158. The fourth-order valence-electron chi connectivity index (χ4n) is 6.35. The number of urea groups is 1. The Labute approximate surface area is 251 Å². The van der Waals surface area contributed by atoms with Crippen LogP contribution in [0.25, 0.3) is 22.2 Å². The molecule has 1 saturated carbocycles. The number of carboxylic acids is 1. The summed E-state index contributed by atoms with van der Waals surface area (Å²) in [6, 6.07) is 12.3. The van der Waals surface area contributed by atoms with E-state index in [1.54, 1.807) is 42.5 Å². The largest absolute Gasteiger partial charge is 0.478 e. The highest BCUT2D eigenvalue weighted by Gasteiger charge is 2.44. The molecular weight excluding hydrogens is 579 g/mol. The van der Waals surface area contributed by atoms with Crippen molar-refractivity contribution in [3.8, 4) is 11.3 Å². The average molecular weight is 607 g/mol. The number of pyridine rings is 1. The Bertz CT molecular complexity index is 1670. The van der Waals surface area contributed by atoms with Crippen LogP contribution in [0.4, 0.5) is 10.5 Å². The van der Waals surface area contributed by atoms with Crippen molar-refractivity contribution in [2.24, 2.45) is 0 Å². The number of benzene rings is 2. The summed E-state index contributed by atoms with van der Waals surface area (Å²) in [5, 5.41) is 18.3. The monoisotopic (exact) mass is 606 g/mol. The van der Waals surface area contributed by atoms with Gasteiger partial charge in [0.15, 0.2) is 0 Å². The number of carboxylic acid groups (broad SMARTS) is 1. The van der Waals surface area contributed by atoms with E-state index < -0.39 is 5.97 Å². The summed E-state index contributed by atoms with van der Waals surface area (Å²) in [5.41, 5.74) is 3.55. The molecule has 2 bridgehead atoms. The molecular formula is C31H28Cl2N4O5. The van der Waals surface area contributed by atoms with Gasteiger partial charge in [-0.15, -0.1) is 0 Å². The number of hydrogen-bond donors (Lipinski definition) is 2. The molecule has 7 rings (SSSR count). The summed E-state index contributed by atoms with van der Waals surface area (Å²) in [6.07, 6.45) is 6.78. The molecule has 2 aromatic heterocycles. The summed E-state index contributed by atoms with van der Waals surface area (Å²) in [5.74, 6) is 0.169. The average Bonchev–Trinajstić information content (AvgIpc) is 3.67. The van der Waals surface area contributed by atoms with Gasteiger partial charge in [-0.25, -0.2) is 9.59 Å². The van der Waals surface area contributed by atoms with Gasteiger partial charge in [0.25, 0.3) is 0 Å². The quantitative estimate of drug-likeness (QED) is 0.223. The number of hydrogen-bond acceptors (Lipinski definition) is 6. The number of aromatic carboxylic acids is 1. The summed E-state index contributed by atoms with van der Waals surface area (Å²) in [7, 11) is 0. The zero-order valence-electron chi connectivity index (χ0n) is 22.6. The highest BCUT2D eigenvalue weighted by molar-refractivity contribution is 6.39. The number of ether oxygens (including phenoxy) is 1. The second-order valence-corrected chi connectivity index (χ2v) is 12.1. The maximum absolute atomic E-state index is 13.4. The minimum Gasteiger partial charge on any atom is -0.478 e. The number of halogens is 2. The Morgan fingerprint density at radius 1 is 1.05 bits per heavy atom. The van der Waals surface area contributed by atoms with Crippen molar-refractivity contribution in [1.29, 1.82) is 0 Å². The third-order valence-electron chi connectivity index (χ3n) is 8.54. The number of anilines is 1. The molecule has 3 aliphatic rings. The third-order valence-corrected chi connectivity index (χ3v) is 9.17. The van der Waals surface area contributed by atoms with Crippen molar-refractivity contribution in [1.82, 2.24) is 15.0 Å². The Morgan fingerprint density at radius 2 is 1.79 bits per heavy atom. The van der Waals surface area contributed by atoms with Crippen LogP contribution >= 0.6 is 23.2 Å². The predicted octanol–water partition coefficient (Wildman–Crippen LogP) is 7.52. The standard InChI is InChI=1S/C31H28Cl2N4O5/c32-24-2-1-3-25(33)27(24)28-23(29(42-36-28)16-4-5-16)15-41-22-12-20-8-9-21(13-22)37(20)31(40)35-19-7-6-17-10-18(30(38)39)14-34-26(17)11-19/h1-3,6-7,10-11,14,16,20-22H,4-5,8-9,12-13,15H2,(H,35,40)(H,38,39). The number of carbonyl (C=O) groups excluding carboxylic acids is 1. The normalized spacial score (nSPS) is 21.6. The Kier molecular flexibility index (Phi) is 7.04. The molecule has 2 amide bonds. The molecule has 2 aromatic carbocycles. The topological polar surface area (TPSA) is 118 Å². The highest BCUT2D eigenvalue weighted by atomic mass is 35.5. The lowest BCUT2D eigenvalue weighted by Crippen LogP contribution is -2.50. The molecule has 11 heteroatoms. The zero-order chi connectivity index (χ0) is 29.0. The van der Waals surface area contributed by atoms with Crippen LogP contribution < -0.4 is 5.32 Å². The van der Waals surface area contributed by atoms with Gasteiger partial charge in [0.1, 0.15) is 11.5 Å². The van der Waals surface area contributed by atoms with Crippen LogP contribution in [0.15, 0.2) is 53.2 Å². The molecule has 4 heterocycles. The van der Waals surface area contributed by atoms with E-state index >= 15 is 0 Å². The first-order valence-corrected chi connectivity index (χ1v) is 14.9. The first-order chi connectivity index (χ1) is 20.4. The van der Waals surface area contributed by atoms with Gasteiger partial charge in [-0.1, -0.05) is 40.5 Å². The SMILES string of the molecule is O=C(O)c1cnc2cc(NC(=O)N3C4CCC3CC(OCc3c(-c5c(Cl)cccc5Cl)noc3C3CC3)C4)ccc2c1. The maximum atomic E-state index is 13.4. The minimum atomic E-state index is -1.03. The predicted molar refractivity (Wildman–Crippen MR) is 158 cm³/mol. The van der Waals surface area contributed by atoms with Gasteiger partial charge in [0, 0.05) is 46.4 Å². The number of fused-ring (bicyclic) bond motifs is 3. The van der Waals surface area contributed by atoms with Gasteiger partial charge < -0.3 is 24.6 Å². The van der Waals surface area contributed by atoms with E-state index in [0.717, 1.165) is 49.8 Å². The molecule has 2 unspecified atom stereocenters. The number of nitrogens with zero attached hydrogens (tertiary/aromatic N) is 3. The Hall–Kier alpha value is -3.66. The van der Waals surface area contributed by atoms with Crippen molar-refractivity contribution < 1.29 is 24.0 Å². The first-order valence-electron chi connectivity index (χ1n) is 14.1. The van der Waals surface area contributed by atoms with Gasteiger partial charge in [0.2, 0.25) is 0 Å². The molecule has 216 valence electrons.